The molecule has 0 bridgehead atoms. The topological polar surface area (TPSA) is 21.7 Å². The van der Waals surface area contributed by atoms with Crippen molar-refractivity contribution < 1.29 is 9.47 Å². The minimum absolute atomic E-state index is 0.797. The zero-order chi connectivity index (χ0) is 13.9. The quantitative estimate of drug-likeness (QED) is 0.403. The van der Waals surface area contributed by atoms with Crippen LogP contribution in [0.1, 0.15) is 27.7 Å². The zero-order valence-corrected chi connectivity index (χ0v) is 13.7. The van der Waals surface area contributed by atoms with Crippen molar-refractivity contribution in [2.45, 2.75) is 39.8 Å². The number of rotatable bonds is 12. The van der Waals surface area contributed by atoms with Crippen LogP contribution in [-0.2, 0) is 9.47 Å². The van der Waals surface area contributed by atoms with Crippen molar-refractivity contribution in [3.05, 3.63) is 12.3 Å². The van der Waals surface area contributed by atoms with E-state index in [2.05, 4.69) is 44.5 Å². The van der Waals surface area contributed by atoms with Crippen molar-refractivity contribution in [3.63, 3.8) is 0 Å². The van der Waals surface area contributed by atoms with Crippen molar-refractivity contribution in [2.24, 2.45) is 0 Å². The van der Waals surface area contributed by atoms with Gasteiger partial charge in [0.2, 0.25) is 0 Å². The molecular weight excluding hydrogens is 242 g/mol. The van der Waals surface area contributed by atoms with Crippen LogP contribution in [0.5, 0.6) is 0 Å². The molecule has 0 fully saturated rings. The average Bonchev–Trinajstić information content (AvgIpc) is 2.40. The Labute approximate surface area is 114 Å². The van der Waals surface area contributed by atoms with Gasteiger partial charge < -0.3 is 14.0 Å². The minimum Gasteiger partial charge on any atom is -0.382 e. The van der Waals surface area contributed by atoms with Gasteiger partial charge in [0.05, 0.1) is 0 Å². The molecule has 0 aromatic rings. The number of hydrogen-bond donors (Lipinski definition) is 0. The fourth-order valence-corrected chi connectivity index (χ4v) is 6.22. The van der Waals surface area contributed by atoms with Crippen molar-refractivity contribution in [1.29, 1.82) is 0 Å². The van der Waals surface area contributed by atoms with Crippen LogP contribution >= 0.6 is 0 Å². The van der Waals surface area contributed by atoms with Gasteiger partial charge in [0.15, 0.2) is 8.24 Å². The summed E-state index contributed by atoms with van der Waals surface area (Å²) in [7, 11) is -1.63. The summed E-state index contributed by atoms with van der Waals surface area (Å²) in [6, 6.07) is 2.25. The first kappa shape index (κ1) is 17.8. The van der Waals surface area contributed by atoms with E-state index < -0.39 is 8.24 Å². The summed E-state index contributed by atoms with van der Waals surface area (Å²) < 4.78 is 13.7. The predicted octanol–water partition coefficient (Wildman–Crippen LogP) is 3.07. The van der Waals surface area contributed by atoms with Crippen LogP contribution in [0.25, 0.3) is 0 Å². The van der Waals surface area contributed by atoms with E-state index in [-0.39, 0.29) is 0 Å². The van der Waals surface area contributed by atoms with Gasteiger partial charge >= 0.3 is 0 Å². The molecule has 0 aliphatic carbocycles. The molecule has 0 N–H and O–H groups in total. The van der Waals surface area contributed by atoms with Crippen LogP contribution in [0, 0.1) is 0 Å². The second-order valence-corrected chi connectivity index (χ2v) is 8.62. The van der Waals surface area contributed by atoms with E-state index in [4.69, 9.17) is 9.47 Å². The molecule has 4 heteroatoms. The van der Waals surface area contributed by atoms with E-state index in [9.17, 15) is 0 Å². The summed E-state index contributed by atoms with van der Waals surface area (Å²) >= 11 is 0. The molecule has 0 spiro atoms. The van der Waals surface area contributed by atoms with Gasteiger partial charge in [-0.15, -0.1) is 6.58 Å². The number of hydrogen-bond acceptors (Lipinski definition) is 3. The standard InChI is InChI=1S/C14H31NO2Si/c1-6-15(7-2)18(10-5,13-11-16-8-3)14-12-17-9-4/h10H,5-9,11-14H2,1-4H3. The van der Waals surface area contributed by atoms with E-state index in [0.29, 0.717) is 0 Å². The Morgan fingerprint density at radius 1 is 0.944 bits per heavy atom. The third-order valence-corrected chi connectivity index (χ3v) is 8.33. The maximum Gasteiger partial charge on any atom is 0.157 e. The highest BCUT2D eigenvalue weighted by Crippen LogP contribution is 2.22. The van der Waals surface area contributed by atoms with Crippen molar-refractivity contribution in [3.8, 4) is 0 Å². The lowest BCUT2D eigenvalue weighted by Crippen LogP contribution is -2.53. The summed E-state index contributed by atoms with van der Waals surface area (Å²) in [6.07, 6.45) is 0. The summed E-state index contributed by atoms with van der Waals surface area (Å²) in [6.45, 7) is 18.1. The van der Waals surface area contributed by atoms with Gasteiger partial charge in [-0.05, 0) is 39.0 Å². The molecule has 0 rings (SSSR count). The van der Waals surface area contributed by atoms with Gasteiger partial charge in [-0.3, -0.25) is 0 Å². The second kappa shape index (κ2) is 10.7. The predicted molar refractivity (Wildman–Crippen MR) is 81.5 cm³/mol. The highest BCUT2D eigenvalue weighted by molar-refractivity contribution is 6.82. The molecule has 0 atom stereocenters. The van der Waals surface area contributed by atoms with Gasteiger partial charge in [0, 0.05) is 26.4 Å². The first-order valence-corrected chi connectivity index (χ1v) is 9.68. The zero-order valence-electron chi connectivity index (χ0n) is 12.7. The molecule has 0 aliphatic rings. The summed E-state index contributed by atoms with van der Waals surface area (Å²) in [5.74, 6) is 0. The minimum atomic E-state index is -1.63. The van der Waals surface area contributed by atoms with E-state index in [1.165, 1.54) is 0 Å². The average molecular weight is 273 g/mol. The Kier molecular flexibility index (Phi) is 10.6. The molecule has 0 saturated heterocycles. The van der Waals surface area contributed by atoms with Gasteiger partial charge in [0.1, 0.15) is 0 Å². The summed E-state index contributed by atoms with van der Waals surface area (Å²) in [4.78, 5) is 0. The van der Waals surface area contributed by atoms with Crippen LogP contribution in [0.15, 0.2) is 12.3 Å². The first-order chi connectivity index (χ1) is 8.70. The van der Waals surface area contributed by atoms with Crippen LogP contribution in [0.2, 0.25) is 12.1 Å². The third kappa shape index (κ3) is 5.65. The Bertz CT molecular complexity index is 198. The van der Waals surface area contributed by atoms with Crippen LogP contribution in [0.3, 0.4) is 0 Å². The summed E-state index contributed by atoms with van der Waals surface area (Å²) in [5, 5.41) is 0. The fourth-order valence-electron chi connectivity index (χ4n) is 2.41. The molecule has 3 nitrogen and oxygen atoms in total. The lowest BCUT2D eigenvalue weighted by molar-refractivity contribution is 0.153. The monoisotopic (exact) mass is 273 g/mol. The lowest BCUT2D eigenvalue weighted by atomic mass is 10.7. The normalized spacial score (nSPS) is 12.1. The second-order valence-electron chi connectivity index (χ2n) is 4.37. The van der Waals surface area contributed by atoms with Crippen LogP contribution in [0.4, 0.5) is 0 Å². The van der Waals surface area contributed by atoms with Crippen molar-refractivity contribution >= 4 is 8.24 Å². The highest BCUT2D eigenvalue weighted by atomic mass is 28.3. The Morgan fingerprint density at radius 3 is 1.67 bits per heavy atom. The van der Waals surface area contributed by atoms with Crippen LogP contribution < -0.4 is 0 Å². The molecule has 0 heterocycles. The van der Waals surface area contributed by atoms with Crippen molar-refractivity contribution in [2.75, 3.05) is 39.5 Å². The molecule has 0 amide bonds. The molecule has 18 heavy (non-hydrogen) atoms. The largest absolute Gasteiger partial charge is 0.382 e. The van der Waals surface area contributed by atoms with Crippen LogP contribution in [-0.4, -0.2) is 52.3 Å². The molecule has 0 radical (unpaired) electrons. The molecule has 0 aliphatic heterocycles. The maximum absolute atomic E-state index is 5.56. The van der Waals surface area contributed by atoms with Gasteiger partial charge in [-0.2, -0.15) is 0 Å². The molecule has 0 unspecified atom stereocenters. The highest BCUT2D eigenvalue weighted by Gasteiger charge is 2.34. The molecular formula is C14H31NO2Si. The van der Waals surface area contributed by atoms with E-state index >= 15 is 0 Å². The Balaban J connectivity index is 4.64. The molecule has 0 aromatic heterocycles. The Hall–Kier alpha value is -0.163. The Morgan fingerprint density at radius 2 is 1.39 bits per heavy atom. The number of ether oxygens (including phenoxy) is 2. The fraction of sp³-hybridized carbons (Fsp3) is 0.857. The number of nitrogens with zero attached hydrogens (tertiary/aromatic N) is 1. The molecule has 0 saturated carbocycles. The van der Waals surface area contributed by atoms with E-state index in [1.807, 2.05) is 0 Å². The maximum atomic E-state index is 5.56. The SMILES string of the molecule is C=C[Si](CCOCC)(CCOCC)N(CC)CC. The molecule has 0 aromatic carbocycles. The van der Waals surface area contributed by atoms with E-state index in [1.54, 1.807) is 0 Å². The summed E-state index contributed by atoms with van der Waals surface area (Å²) in [5.41, 5.74) is 2.22. The van der Waals surface area contributed by atoms with Gasteiger partial charge in [0.25, 0.3) is 0 Å². The van der Waals surface area contributed by atoms with Gasteiger partial charge in [-0.1, -0.05) is 19.5 Å². The third-order valence-electron chi connectivity index (χ3n) is 3.54. The smallest absolute Gasteiger partial charge is 0.157 e. The lowest BCUT2D eigenvalue weighted by Gasteiger charge is -2.39. The van der Waals surface area contributed by atoms with E-state index in [0.717, 1.165) is 51.6 Å². The molecule has 108 valence electrons. The van der Waals surface area contributed by atoms with Gasteiger partial charge in [-0.25, -0.2) is 0 Å². The van der Waals surface area contributed by atoms with Crippen molar-refractivity contribution in [1.82, 2.24) is 4.57 Å². The first-order valence-electron chi connectivity index (χ1n) is 7.24.